The number of nitrogen functional groups attached to an aromatic ring is 1. The highest BCUT2D eigenvalue weighted by molar-refractivity contribution is 5.86. The summed E-state index contributed by atoms with van der Waals surface area (Å²) in [5, 5.41) is 0.796. The highest BCUT2D eigenvalue weighted by Gasteiger charge is 2.57. The van der Waals surface area contributed by atoms with Gasteiger partial charge in [-0.25, -0.2) is 14.8 Å². The third-order valence-electron chi connectivity index (χ3n) is 8.43. The van der Waals surface area contributed by atoms with Crippen molar-refractivity contribution in [3.8, 4) is 0 Å². The van der Waals surface area contributed by atoms with E-state index in [4.69, 9.17) is 24.7 Å². The molecule has 4 saturated heterocycles. The van der Waals surface area contributed by atoms with Crippen LogP contribution in [0.15, 0.2) is 18.6 Å². The highest BCUT2D eigenvalue weighted by Crippen LogP contribution is 2.46. The normalized spacial score (nSPS) is 30.8. The zero-order chi connectivity index (χ0) is 26.9. The van der Waals surface area contributed by atoms with Crippen molar-refractivity contribution in [2.45, 2.75) is 102 Å². The molecule has 4 fully saturated rings. The van der Waals surface area contributed by atoms with Crippen LogP contribution in [0.2, 0.25) is 0 Å². The molecule has 0 aliphatic carbocycles. The van der Waals surface area contributed by atoms with Crippen LogP contribution in [0.25, 0.3) is 11.0 Å². The van der Waals surface area contributed by atoms with E-state index in [1.807, 2.05) is 56.3 Å². The van der Waals surface area contributed by atoms with Gasteiger partial charge in [0, 0.05) is 31.4 Å². The quantitative estimate of drug-likeness (QED) is 0.640. The summed E-state index contributed by atoms with van der Waals surface area (Å²) in [6, 6.07) is 1.92. The Hall–Kier alpha value is -2.47. The molecule has 208 valence electrons. The Kier molecular flexibility index (Phi) is 6.14. The Morgan fingerprint density at radius 1 is 1.13 bits per heavy atom. The van der Waals surface area contributed by atoms with Crippen molar-refractivity contribution in [2.24, 2.45) is 0 Å². The van der Waals surface area contributed by atoms with Gasteiger partial charge in [-0.2, -0.15) is 0 Å². The van der Waals surface area contributed by atoms with E-state index < -0.39 is 11.4 Å². The second kappa shape index (κ2) is 9.04. The molecule has 2 aromatic rings. The van der Waals surface area contributed by atoms with Gasteiger partial charge in [0.25, 0.3) is 0 Å². The van der Waals surface area contributed by atoms with Crippen LogP contribution >= 0.6 is 0 Å². The second-order valence-electron chi connectivity index (χ2n) is 12.6. The number of carbonyl (C=O) groups excluding carboxylic acids is 1. The first kappa shape index (κ1) is 25.8. The Bertz CT molecular complexity index is 1200. The number of piperidine rings is 1. The molecule has 2 aromatic heterocycles. The van der Waals surface area contributed by atoms with Crippen LogP contribution < -0.4 is 5.73 Å². The zero-order valence-electron chi connectivity index (χ0n) is 23.1. The molecule has 0 unspecified atom stereocenters. The molecule has 11 heteroatoms. The fourth-order valence-corrected chi connectivity index (χ4v) is 6.72. The lowest BCUT2D eigenvalue weighted by atomic mass is 9.84. The van der Waals surface area contributed by atoms with Gasteiger partial charge in [0.05, 0.1) is 5.39 Å². The lowest BCUT2D eigenvalue weighted by Crippen LogP contribution is -2.56. The minimum atomic E-state index is -0.700. The molecule has 1 spiro atoms. The lowest BCUT2D eigenvalue weighted by Gasteiger charge is -2.46. The van der Waals surface area contributed by atoms with Crippen LogP contribution in [0, 0.1) is 0 Å². The molecule has 0 bridgehead atoms. The first-order valence-corrected chi connectivity index (χ1v) is 13.8. The molecule has 2 N–H and O–H groups in total. The number of amides is 1. The Balaban J connectivity index is 1.19. The molecule has 0 radical (unpaired) electrons. The summed E-state index contributed by atoms with van der Waals surface area (Å²) < 4.78 is 27.1. The number of hydrogen-bond donors (Lipinski definition) is 1. The number of nitrogens with zero attached hydrogens (tertiary/aromatic N) is 5. The Morgan fingerprint density at radius 3 is 2.61 bits per heavy atom. The summed E-state index contributed by atoms with van der Waals surface area (Å²) in [5.41, 5.74) is 6.39. The summed E-state index contributed by atoms with van der Waals surface area (Å²) >= 11 is 0. The van der Waals surface area contributed by atoms with Gasteiger partial charge in [-0.3, -0.25) is 4.90 Å². The fraction of sp³-hybridized carbons (Fsp3) is 0.741. The second-order valence-corrected chi connectivity index (χ2v) is 12.6. The van der Waals surface area contributed by atoms with Gasteiger partial charge in [0.1, 0.15) is 41.7 Å². The van der Waals surface area contributed by atoms with E-state index in [1.54, 1.807) is 0 Å². The number of rotatable bonds is 3. The average Bonchev–Trinajstić information content (AvgIpc) is 3.57. The first-order valence-electron chi connectivity index (χ1n) is 13.8. The van der Waals surface area contributed by atoms with E-state index in [-0.39, 0.29) is 36.2 Å². The van der Waals surface area contributed by atoms with Crippen molar-refractivity contribution in [3.63, 3.8) is 0 Å². The molecule has 0 aromatic carbocycles. The molecular weight excluding hydrogens is 488 g/mol. The lowest BCUT2D eigenvalue weighted by molar-refractivity contribution is -0.199. The van der Waals surface area contributed by atoms with Gasteiger partial charge >= 0.3 is 6.09 Å². The minimum absolute atomic E-state index is 0.0618. The van der Waals surface area contributed by atoms with E-state index in [9.17, 15) is 4.79 Å². The molecule has 38 heavy (non-hydrogen) atoms. The molecule has 4 atom stereocenters. The standard InChI is InChI=1S/C27H40N6O5/c1-25(2,3)38-24(34)31-13-9-27(10-14-31)8-6-11-32(27)15-18-19-20(37-26(4,5)36-19)23(35-18)33-12-7-17-21(28)29-16-30-22(17)33/h7,12,16,18-20,23H,6,8-11,13-15H2,1-5H3,(H2,28,29,30)/t18-,19+,20+,23+/m0/s1. The third kappa shape index (κ3) is 4.53. The predicted octanol–water partition coefficient (Wildman–Crippen LogP) is 3.30. The van der Waals surface area contributed by atoms with Gasteiger partial charge in [-0.1, -0.05) is 0 Å². The van der Waals surface area contributed by atoms with Crippen LogP contribution in [0.4, 0.5) is 10.6 Å². The van der Waals surface area contributed by atoms with Crippen molar-refractivity contribution < 1.29 is 23.7 Å². The zero-order valence-corrected chi connectivity index (χ0v) is 23.1. The van der Waals surface area contributed by atoms with Crippen molar-refractivity contribution in [1.29, 1.82) is 0 Å². The van der Waals surface area contributed by atoms with Crippen LogP contribution in [0.3, 0.4) is 0 Å². The number of ether oxygens (including phenoxy) is 4. The Morgan fingerprint density at radius 2 is 1.87 bits per heavy atom. The number of aromatic nitrogens is 3. The average molecular weight is 529 g/mol. The SMILES string of the molecule is CC(C)(C)OC(=O)N1CCC2(CCCN2C[C@@H]2O[C@@H](n3ccc4c(N)ncnc43)[C@@H]3OC(C)(C)O[C@@H]32)CC1. The molecule has 0 saturated carbocycles. The number of hydrogen-bond acceptors (Lipinski definition) is 9. The van der Waals surface area contributed by atoms with E-state index >= 15 is 0 Å². The summed E-state index contributed by atoms with van der Waals surface area (Å²) in [6.07, 6.45) is 6.30. The predicted molar refractivity (Wildman–Crippen MR) is 140 cm³/mol. The molecule has 4 aliphatic heterocycles. The molecule has 4 aliphatic rings. The van der Waals surface area contributed by atoms with E-state index in [2.05, 4.69) is 14.9 Å². The maximum atomic E-state index is 12.6. The van der Waals surface area contributed by atoms with E-state index in [0.29, 0.717) is 18.9 Å². The third-order valence-corrected chi connectivity index (χ3v) is 8.43. The summed E-state index contributed by atoms with van der Waals surface area (Å²) in [7, 11) is 0. The Labute approximate surface area is 223 Å². The van der Waals surface area contributed by atoms with Crippen LogP contribution in [0.5, 0.6) is 0 Å². The van der Waals surface area contributed by atoms with E-state index in [0.717, 1.165) is 49.8 Å². The minimum Gasteiger partial charge on any atom is -0.444 e. The summed E-state index contributed by atoms with van der Waals surface area (Å²) in [6.45, 7) is 12.8. The highest BCUT2D eigenvalue weighted by atomic mass is 16.8. The number of carbonyl (C=O) groups is 1. The first-order chi connectivity index (χ1) is 17.9. The summed E-state index contributed by atoms with van der Waals surface area (Å²) in [5.74, 6) is -0.255. The van der Waals surface area contributed by atoms with Gasteiger partial charge < -0.3 is 34.1 Å². The smallest absolute Gasteiger partial charge is 0.410 e. The maximum absolute atomic E-state index is 12.6. The molecular formula is C27H40N6O5. The van der Waals surface area contributed by atoms with Crippen molar-refractivity contribution in [1.82, 2.24) is 24.3 Å². The molecule has 11 nitrogen and oxygen atoms in total. The topological polar surface area (TPSA) is 117 Å². The number of likely N-dealkylation sites (tertiary alicyclic amines) is 2. The van der Waals surface area contributed by atoms with Crippen molar-refractivity contribution in [3.05, 3.63) is 18.6 Å². The molecule has 6 heterocycles. The van der Waals surface area contributed by atoms with Crippen LogP contribution in [-0.2, 0) is 18.9 Å². The van der Waals surface area contributed by atoms with Gasteiger partial charge in [0.15, 0.2) is 12.0 Å². The molecule has 6 rings (SSSR count). The molecule has 1 amide bonds. The van der Waals surface area contributed by atoms with Gasteiger partial charge in [-0.05, 0) is 72.9 Å². The monoisotopic (exact) mass is 528 g/mol. The fourth-order valence-electron chi connectivity index (χ4n) is 6.72. The van der Waals surface area contributed by atoms with Crippen LogP contribution in [-0.4, -0.2) is 91.8 Å². The van der Waals surface area contributed by atoms with Crippen molar-refractivity contribution in [2.75, 3.05) is 31.9 Å². The number of nitrogens with two attached hydrogens (primary N) is 1. The number of fused-ring (bicyclic) bond motifs is 2. The van der Waals surface area contributed by atoms with E-state index in [1.165, 1.54) is 6.33 Å². The van der Waals surface area contributed by atoms with Gasteiger partial charge in [-0.15, -0.1) is 0 Å². The number of anilines is 1. The summed E-state index contributed by atoms with van der Waals surface area (Å²) in [4.78, 5) is 25.7. The van der Waals surface area contributed by atoms with Gasteiger partial charge in [0.2, 0.25) is 0 Å². The largest absolute Gasteiger partial charge is 0.444 e. The van der Waals surface area contributed by atoms with Crippen molar-refractivity contribution >= 4 is 22.9 Å². The maximum Gasteiger partial charge on any atom is 0.410 e. The van der Waals surface area contributed by atoms with Crippen LogP contribution in [0.1, 0.15) is 66.5 Å².